The van der Waals surface area contributed by atoms with E-state index in [0.29, 0.717) is 5.82 Å². The molecule has 1 unspecified atom stereocenters. The number of hydrogen-bond acceptors (Lipinski definition) is 6. The van der Waals surface area contributed by atoms with Gasteiger partial charge in [-0.2, -0.15) is 5.10 Å². The van der Waals surface area contributed by atoms with Crippen LogP contribution in [0.15, 0.2) is 22.1 Å². The van der Waals surface area contributed by atoms with Gasteiger partial charge in [0.1, 0.15) is 12.2 Å². The first-order chi connectivity index (χ1) is 6.59. The summed E-state index contributed by atoms with van der Waals surface area (Å²) in [6.07, 6.45) is 4.64. The third kappa shape index (κ3) is 1.49. The largest absolute Gasteiger partial charge is 0.295 e. The molecule has 0 saturated heterocycles. The molecule has 0 radical (unpaired) electrons. The number of hydrogen-bond donors (Lipinski definition) is 2. The van der Waals surface area contributed by atoms with Gasteiger partial charge in [0.25, 0.3) is 0 Å². The van der Waals surface area contributed by atoms with Gasteiger partial charge in [-0.3, -0.25) is 15.3 Å². The summed E-state index contributed by atoms with van der Waals surface area (Å²) >= 11 is 0. The molecule has 3 N–H and O–H groups in total. The van der Waals surface area contributed by atoms with E-state index in [4.69, 9.17) is 5.14 Å². The minimum Gasteiger partial charge on any atom is -0.295 e. The summed E-state index contributed by atoms with van der Waals surface area (Å²) in [4.78, 5) is 5.33. The highest BCUT2D eigenvalue weighted by Gasteiger charge is 2.31. The van der Waals surface area contributed by atoms with Gasteiger partial charge in [0.05, 0.1) is 6.20 Å². The van der Waals surface area contributed by atoms with Gasteiger partial charge < -0.3 is 0 Å². The highest BCUT2D eigenvalue weighted by atomic mass is 32.2. The lowest BCUT2D eigenvalue weighted by atomic mass is 10.4. The van der Waals surface area contributed by atoms with Crippen LogP contribution in [-0.2, 0) is 10.0 Å². The van der Waals surface area contributed by atoms with Gasteiger partial charge in [-0.05, 0) is 0 Å². The van der Waals surface area contributed by atoms with Gasteiger partial charge in [-0.1, -0.05) is 0 Å². The summed E-state index contributed by atoms with van der Waals surface area (Å²) in [5.41, 5.74) is 2.62. The molecule has 0 fully saturated rings. The lowest BCUT2D eigenvalue weighted by Gasteiger charge is -2.22. The van der Waals surface area contributed by atoms with Crippen LogP contribution in [-0.4, -0.2) is 31.2 Å². The van der Waals surface area contributed by atoms with E-state index in [1.165, 1.54) is 23.7 Å². The second-order valence-electron chi connectivity index (χ2n) is 2.89. The zero-order valence-electron chi connectivity index (χ0n) is 7.16. The maximum absolute atomic E-state index is 11.2. The molecule has 2 aliphatic heterocycles. The second-order valence-corrected chi connectivity index (χ2v) is 4.61. The van der Waals surface area contributed by atoms with Crippen LogP contribution in [0, 0.1) is 0 Å². The molecule has 76 valence electrons. The third-order valence-corrected chi connectivity index (χ3v) is 3.12. The van der Waals surface area contributed by atoms with Gasteiger partial charge >= 0.3 is 0 Å². The summed E-state index contributed by atoms with van der Waals surface area (Å²) in [5.74, 6) is 0.512. The molecule has 0 aromatic rings. The molecule has 0 spiro atoms. The van der Waals surface area contributed by atoms with Gasteiger partial charge in [0.2, 0.25) is 10.0 Å². The van der Waals surface area contributed by atoms with E-state index < -0.39 is 15.4 Å². The summed E-state index contributed by atoms with van der Waals surface area (Å²) < 4.78 is 22.5. The molecule has 1 atom stereocenters. The first kappa shape index (κ1) is 9.16. The topological polar surface area (TPSA) is 100 Å². The third-order valence-electron chi connectivity index (χ3n) is 1.94. The minimum atomic E-state index is -3.64. The number of primary sulfonamides is 1. The van der Waals surface area contributed by atoms with Crippen LogP contribution in [0.3, 0.4) is 0 Å². The van der Waals surface area contributed by atoms with E-state index >= 15 is 0 Å². The van der Waals surface area contributed by atoms with Crippen LogP contribution < -0.4 is 10.6 Å². The molecule has 7 nitrogen and oxygen atoms in total. The van der Waals surface area contributed by atoms with Crippen molar-refractivity contribution in [3.63, 3.8) is 0 Å². The Morgan fingerprint density at radius 3 is 3.14 bits per heavy atom. The summed E-state index contributed by atoms with van der Waals surface area (Å²) in [6.45, 7) is 0. The van der Waals surface area contributed by atoms with Crippen molar-refractivity contribution >= 4 is 22.6 Å². The molecule has 2 rings (SSSR count). The summed E-state index contributed by atoms with van der Waals surface area (Å²) in [5, 5.41) is 7.98. The molecule has 0 saturated carbocycles. The van der Waals surface area contributed by atoms with Crippen LogP contribution in [0.25, 0.3) is 0 Å². The molecular formula is C6H9N5O2S. The van der Waals surface area contributed by atoms with Crippen LogP contribution in [0.2, 0.25) is 0 Å². The Bertz CT molecular complexity index is 424. The zero-order chi connectivity index (χ0) is 10.2. The Labute approximate surface area is 81.0 Å². The molecule has 2 aliphatic rings. The van der Waals surface area contributed by atoms with Crippen LogP contribution in [0.4, 0.5) is 0 Å². The number of fused-ring (bicyclic) bond motifs is 1. The fourth-order valence-electron chi connectivity index (χ4n) is 1.28. The average Bonchev–Trinajstić information content (AvgIpc) is 2.42. The molecule has 14 heavy (non-hydrogen) atoms. The first-order valence-electron chi connectivity index (χ1n) is 3.90. The Morgan fingerprint density at radius 2 is 2.43 bits per heavy atom. The van der Waals surface area contributed by atoms with Crippen molar-refractivity contribution in [1.29, 1.82) is 0 Å². The molecule has 0 aromatic carbocycles. The lowest BCUT2D eigenvalue weighted by Crippen LogP contribution is -2.42. The zero-order valence-corrected chi connectivity index (χ0v) is 7.98. The smallest absolute Gasteiger partial charge is 0.231 e. The van der Waals surface area contributed by atoms with Crippen LogP contribution >= 0.6 is 0 Å². The molecule has 0 amide bonds. The molecule has 0 bridgehead atoms. The molecular weight excluding hydrogens is 206 g/mol. The van der Waals surface area contributed by atoms with Gasteiger partial charge in [0.15, 0.2) is 5.37 Å². The number of rotatable bonds is 1. The van der Waals surface area contributed by atoms with Crippen molar-refractivity contribution in [1.82, 2.24) is 10.3 Å². The van der Waals surface area contributed by atoms with E-state index in [1.807, 2.05) is 0 Å². The van der Waals surface area contributed by atoms with Crippen LogP contribution in [0.5, 0.6) is 0 Å². The minimum absolute atomic E-state index is 0.243. The maximum Gasteiger partial charge on any atom is 0.231 e. The molecule has 0 aliphatic carbocycles. The maximum atomic E-state index is 11.2. The fraction of sp³-hybridized carbons (Fsp3) is 0.333. The standard InChI is InChI=1S/C6H9N5O2S/c7-14(12,13)6-1-2-8-3-5-10-9-4-11(5)6/h2-4,6,10H,1H2,(H2,7,12,13). The first-order valence-corrected chi connectivity index (χ1v) is 5.51. The van der Waals surface area contributed by atoms with E-state index in [-0.39, 0.29) is 6.42 Å². The summed E-state index contributed by atoms with van der Waals surface area (Å²) in [7, 11) is -3.64. The Balaban J connectivity index is 2.39. The average molecular weight is 215 g/mol. The highest BCUT2D eigenvalue weighted by Crippen LogP contribution is 2.17. The highest BCUT2D eigenvalue weighted by molar-refractivity contribution is 7.89. The number of sulfonamides is 1. The Kier molecular flexibility index (Phi) is 2.01. The SMILES string of the molecule is NS(=O)(=O)C1CC=NC=C2NN=CN21. The predicted octanol–water partition coefficient (Wildman–Crippen LogP) is -1.28. The molecule has 0 aromatic heterocycles. The monoisotopic (exact) mass is 215 g/mol. The summed E-state index contributed by atoms with van der Waals surface area (Å²) in [6, 6.07) is 0. The Morgan fingerprint density at radius 1 is 1.64 bits per heavy atom. The number of nitrogens with zero attached hydrogens (tertiary/aromatic N) is 3. The van der Waals surface area contributed by atoms with Crippen molar-refractivity contribution in [3.8, 4) is 0 Å². The predicted molar refractivity (Wildman–Crippen MR) is 51.6 cm³/mol. The quantitative estimate of drug-likeness (QED) is 0.569. The fourth-order valence-corrected chi connectivity index (χ4v) is 2.12. The lowest BCUT2D eigenvalue weighted by molar-refractivity contribution is 0.463. The van der Waals surface area contributed by atoms with E-state index in [1.54, 1.807) is 0 Å². The number of hydrazone groups is 1. The van der Waals surface area contributed by atoms with Crippen LogP contribution in [0.1, 0.15) is 6.42 Å². The van der Waals surface area contributed by atoms with E-state index in [9.17, 15) is 8.42 Å². The molecule has 8 heteroatoms. The number of nitrogens with one attached hydrogen (secondary N) is 1. The van der Waals surface area contributed by atoms with Crippen molar-refractivity contribution < 1.29 is 8.42 Å². The second kappa shape index (κ2) is 3.07. The Hall–Kier alpha value is -1.41. The van der Waals surface area contributed by atoms with Crippen molar-refractivity contribution in [3.05, 3.63) is 12.0 Å². The van der Waals surface area contributed by atoms with Crippen molar-refractivity contribution in [2.45, 2.75) is 11.8 Å². The number of aliphatic imine (C=N–C) groups is 1. The van der Waals surface area contributed by atoms with Gasteiger partial charge in [0, 0.05) is 12.6 Å². The van der Waals surface area contributed by atoms with E-state index in [2.05, 4.69) is 15.5 Å². The van der Waals surface area contributed by atoms with E-state index in [0.717, 1.165) is 0 Å². The van der Waals surface area contributed by atoms with Gasteiger partial charge in [-0.25, -0.2) is 13.6 Å². The van der Waals surface area contributed by atoms with Crippen molar-refractivity contribution in [2.24, 2.45) is 15.2 Å². The van der Waals surface area contributed by atoms with Gasteiger partial charge in [-0.15, -0.1) is 0 Å². The normalized spacial score (nSPS) is 25.4. The van der Waals surface area contributed by atoms with Crippen molar-refractivity contribution in [2.75, 3.05) is 0 Å². The molecule has 2 heterocycles. The number of nitrogens with two attached hydrogens (primary N) is 1.